The third-order valence-electron chi connectivity index (χ3n) is 4.60. The van der Waals surface area contributed by atoms with Crippen molar-refractivity contribution in [3.8, 4) is 0 Å². The number of piperidine rings is 1. The van der Waals surface area contributed by atoms with Crippen LogP contribution in [0.5, 0.6) is 0 Å². The number of likely N-dealkylation sites (tertiary alicyclic amines) is 1. The minimum absolute atomic E-state index is 0.179. The number of nitrogens with two attached hydrogens (primary N) is 1. The molecule has 1 aliphatic heterocycles. The first-order valence-electron chi connectivity index (χ1n) is 7.63. The van der Waals surface area contributed by atoms with E-state index >= 15 is 0 Å². The molecule has 1 aliphatic rings. The molecule has 1 aromatic rings. The van der Waals surface area contributed by atoms with Crippen molar-refractivity contribution in [1.29, 1.82) is 0 Å². The topological polar surface area (TPSA) is 32.5 Å². The zero-order chi connectivity index (χ0) is 14.8. The van der Waals surface area contributed by atoms with Gasteiger partial charge in [-0.15, -0.1) is 0 Å². The van der Waals surface area contributed by atoms with Crippen LogP contribution in [0.25, 0.3) is 0 Å². The van der Waals surface area contributed by atoms with Crippen molar-refractivity contribution in [3.63, 3.8) is 0 Å². The van der Waals surface area contributed by atoms with Gasteiger partial charge in [-0.1, -0.05) is 26.0 Å². The van der Waals surface area contributed by atoms with Crippen molar-refractivity contribution < 1.29 is 0 Å². The number of nitrogens with zero attached hydrogens (tertiary/aromatic N) is 2. The lowest BCUT2D eigenvalue weighted by molar-refractivity contribution is 0.127. The van der Waals surface area contributed by atoms with Gasteiger partial charge in [-0.2, -0.15) is 0 Å². The molecule has 1 saturated heterocycles. The highest BCUT2D eigenvalue weighted by Gasteiger charge is 2.27. The van der Waals surface area contributed by atoms with E-state index in [0.29, 0.717) is 0 Å². The van der Waals surface area contributed by atoms with Crippen LogP contribution in [0.15, 0.2) is 24.3 Å². The van der Waals surface area contributed by atoms with Crippen molar-refractivity contribution >= 4 is 5.69 Å². The number of hydrogen-bond donors (Lipinski definition) is 1. The summed E-state index contributed by atoms with van der Waals surface area (Å²) in [5.41, 5.74) is 8.18. The van der Waals surface area contributed by atoms with Crippen LogP contribution in [0.2, 0.25) is 0 Å². The standard InChI is InChI=1S/C17H29N3/c1-17(2,14-5-7-15(18)8-6-14)13-20-11-9-16(10-12-20)19(3)4/h5-8,16H,9-13,18H2,1-4H3. The molecule has 0 aromatic heterocycles. The molecule has 3 heteroatoms. The van der Waals surface area contributed by atoms with Gasteiger partial charge in [0.05, 0.1) is 0 Å². The predicted octanol–water partition coefficient (Wildman–Crippen LogP) is 2.57. The Kier molecular flexibility index (Phi) is 4.71. The number of rotatable bonds is 4. The molecule has 0 saturated carbocycles. The zero-order valence-corrected chi connectivity index (χ0v) is 13.4. The normalized spacial score (nSPS) is 18.6. The summed E-state index contributed by atoms with van der Waals surface area (Å²) < 4.78 is 0. The highest BCUT2D eigenvalue weighted by molar-refractivity contribution is 5.41. The van der Waals surface area contributed by atoms with Gasteiger partial charge in [-0.3, -0.25) is 0 Å². The highest BCUT2D eigenvalue weighted by Crippen LogP contribution is 2.27. The molecule has 0 amide bonds. The lowest BCUT2D eigenvalue weighted by Gasteiger charge is -2.39. The molecule has 2 N–H and O–H groups in total. The second-order valence-electron chi connectivity index (χ2n) is 6.98. The van der Waals surface area contributed by atoms with E-state index in [0.717, 1.165) is 18.3 Å². The summed E-state index contributed by atoms with van der Waals surface area (Å²) in [5, 5.41) is 0. The van der Waals surface area contributed by atoms with Crippen LogP contribution in [-0.2, 0) is 5.41 Å². The van der Waals surface area contributed by atoms with Crippen LogP contribution in [-0.4, -0.2) is 49.6 Å². The van der Waals surface area contributed by atoms with Gasteiger partial charge in [0.1, 0.15) is 0 Å². The SMILES string of the molecule is CN(C)C1CCN(CC(C)(C)c2ccc(N)cc2)CC1. The Hall–Kier alpha value is -1.06. The Bertz CT molecular complexity index is 414. The second kappa shape index (κ2) is 6.15. The maximum atomic E-state index is 5.78. The summed E-state index contributed by atoms with van der Waals surface area (Å²) in [6.45, 7) is 8.20. The van der Waals surface area contributed by atoms with E-state index in [1.807, 2.05) is 12.1 Å². The van der Waals surface area contributed by atoms with E-state index in [4.69, 9.17) is 5.73 Å². The van der Waals surface area contributed by atoms with Crippen LogP contribution >= 0.6 is 0 Å². The second-order valence-corrected chi connectivity index (χ2v) is 6.98. The van der Waals surface area contributed by atoms with Crippen LogP contribution < -0.4 is 5.73 Å². The smallest absolute Gasteiger partial charge is 0.0314 e. The summed E-state index contributed by atoms with van der Waals surface area (Å²) in [4.78, 5) is 4.97. The fourth-order valence-electron chi connectivity index (χ4n) is 3.18. The van der Waals surface area contributed by atoms with Gasteiger partial charge in [0.2, 0.25) is 0 Å². The molecular weight excluding hydrogens is 246 g/mol. The molecule has 1 aromatic carbocycles. The molecule has 2 rings (SSSR count). The lowest BCUT2D eigenvalue weighted by atomic mass is 9.83. The first-order valence-corrected chi connectivity index (χ1v) is 7.63. The van der Waals surface area contributed by atoms with Gasteiger partial charge in [0.25, 0.3) is 0 Å². The molecule has 0 aliphatic carbocycles. The van der Waals surface area contributed by atoms with Crippen LogP contribution in [0.1, 0.15) is 32.3 Å². The van der Waals surface area contributed by atoms with Crippen molar-refractivity contribution in [2.45, 2.75) is 38.1 Å². The molecule has 0 atom stereocenters. The molecule has 1 heterocycles. The van der Waals surface area contributed by atoms with Gasteiger partial charge in [-0.25, -0.2) is 0 Å². The van der Waals surface area contributed by atoms with Crippen LogP contribution in [0.3, 0.4) is 0 Å². The number of nitrogen functional groups attached to an aromatic ring is 1. The summed E-state index contributed by atoms with van der Waals surface area (Å²) in [5.74, 6) is 0. The molecule has 0 radical (unpaired) electrons. The molecule has 0 bridgehead atoms. The first-order chi connectivity index (χ1) is 9.38. The highest BCUT2D eigenvalue weighted by atomic mass is 15.2. The van der Waals surface area contributed by atoms with E-state index in [9.17, 15) is 0 Å². The molecule has 20 heavy (non-hydrogen) atoms. The van der Waals surface area contributed by atoms with E-state index in [-0.39, 0.29) is 5.41 Å². The van der Waals surface area contributed by atoms with E-state index in [1.165, 1.54) is 31.5 Å². The fourth-order valence-corrected chi connectivity index (χ4v) is 3.18. The van der Waals surface area contributed by atoms with E-state index in [1.54, 1.807) is 0 Å². The zero-order valence-electron chi connectivity index (χ0n) is 13.4. The van der Waals surface area contributed by atoms with Gasteiger partial charge >= 0.3 is 0 Å². The Morgan fingerprint density at radius 3 is 2.20 bits per heavy atom. The molecule has 3 nitrogen and oxygen atoms in total. The number of benzene rings is 1. The average molecular weight is 275 g/mol. The maximum absolute atomic E-state index is 5.78. The Morgan fingerprint density at radius 1 is 1.15 bits per heavy atom. The minimum Gasteiger partial charge on any atom is -0.399 e. The van der Waals surface area contributed by atoms with E-state index in [2.05, 4.69) is 49.9 Å². The number of hydrogen-bond acceptors (Lipinski definition) is 3. The molecular formula is C17H29N3. The predicted molar refractivity (Wildman–Crippen MR) is 87.0 cm³/mol. The third-order valence-corrected chi connectivity index (χ3v) is 4.60. The Labute approximate surface area is 123 Å². The van der Waals surface area contributed by atoms with Crippen molar-refractivity contribution in [1.82, 2.24) is 9.80 Å². The molecule has 0 spiro atoms. The molecule has 112 valence electrons. The largest absolute Gasteiger partial charge is 0.399 e. The minimum atomic E-state index is 0.179. The fraction of sp³-hybridized carbons (Fsp3) is 0.647. The summed E-state index contributed by atoms with van der Waals surface area (Å²) in [6.07, 6.45) is 2.57. The Balaban J connectivity index is 1.94. The van der Waals surface area contributed by atoms with Crippen LogP contribution in [0, 0.1) is 0 Å². The molecule has 0 unspecified atom stereocenters. The van der Waals surface area contributed by atoms with E-state index < -0.39 is 0 Å². The monoisotopic (exact) mass is 275 g/mol. The van der Waals surface area contributed by atoms with Crippen molar-refractivity contribution in [3.05, 3.63) is 29.8 Å². The van der Waals surface area contributed by atoms with Gasteiger partial charge < -0.3 is 15.5 Å². The van der Waals surface area contributed by atoms with Crippen molar-refractivity contribution in [2.24, 2.45) is 0 Å². The van der Waals surface area contributed by atoms with Crippen molar-refractivity contribution in [2.75, 3.05) is 39.5 Å². The van der Waals surface area contributed by atoms with Crippen LogP contribution in [0.4, 0.5) is 5.69 Å². The molecule has 1 fully saturated rings. The third kappa shape index (κ3) is 3.74. The van der Waals surface area contributed by atoms with Gasteiger partial charge in [-0.05, 0) is 57.7 Å². The quantitative estimate of drug-likeness (QED) is 0.857. The maximum Gasteiger partial charge on any atom is 0.0314 e. The van der Waals surface area contributed by atoms with Gasteiger partial charge in [0.15, 0.2) is 0 Å². The average Bonchev–Trinajstić information content (AvgIpc) is 2.39. The summed E-state index contributed by atoms with van der Waals surface area (Å²) >= 11 is 0. The number of anilines is 1. The lowest BCUT2D eigenvalue weighted by Crippen LogP contribution is -2.46. The van der Waals surface area contributed by atoms with Gasteiger partial charge in [0, 0.05) is 23.7 Å². The summed E-state index contributed by atoms with van der Waals surface area (Å²) in [7, 11) is 4.39. The summed E-state index contributed by atoms with van der Waals surface area (Å²) in [6, 6.07) is 9.11. The Morgan fingerprint density at radius 2 is 1.70 bits per heavy atom. The first kappa shape index (κ1) is 15.3.